The van der Waals surface area contributed by atoms with Crippen LogP contribution in [0.15, 0.2) is 22.8 Å². The molecule has 0 bridgehead atoms. The van der Waals surface area contributed by atoms with Crippen molar-refractivity contribution >= 4 is 26.0 Å². The first-order valence-electron chi connectivity index (χ1n) is 6.24. The van der Waals surface area contributed by atoms with Crippen LogP contribution in [0, 0.1) is 0 Å². The maximum absolute atomic E-state index is 11.4. The standard InChI is InChI=1S/C12H18BrN3O2S/c1-19(17,18)16-6-4-11(5-7-16)15-9-12-3-2-10(13)8-14-12/h2-3,8,11,15H,4-7,9H2,1H3. The normalized spacial score (nSPS) is 18.6. The second-order valence-corrected chi connectivity index (χ2v) is 7.68. The van der Waals surface area contributed by atoms with Crippen molar-refractivity contribution in [1.82, 2.24) is 14.6 Å². The van der Waals surface area contributed by atoms with Crippen molar-refractivity contribution in [2.75, 3.05) is 19.3 Å². The van der Waals surface area contributed by atoms with Gasteiger partial charge in [-0.25, -0.2) is 12.7 Å². The molecular weight excluding hydrogens is 330 g/mol. The lowest BCUT2D eigenvalue weighted by atomic mass is 10.1. The van der Waals surface area contributed by atoms with Crippen LogP contribution < -0.4 is 5.32 Å². The Labute approximate surface area is 122 Å². The Morgan fingerprint density at radius 2 is 2.11 bits per heavy atom. The maximum atomic E-state index is 11.4. The van der Waals surface area contributed by atoms with E-state index in [2.05, 4.69) is 26.2 Å². The number of hydrogen-bond donors (Lipinski definition) is 1. The summed E-state index contributed by atoms with van der Waals surface area (Å²) in [5.41, 5.74) is 0.994. The van der Waals surface area contributed by atoms with Crippen LogP contribution in [-0.4, -0.2) is 43.1 Å². The van der Waals surface area contributed by atoms with Crippen LogP contribution in [0.25, 0.3) is 0 Å². The predicted octanol–water partition coefficient (Wildman–Crippen LogP) is 1.36. The highest BCUT2D eigenvalue weighted by atomic mass is 79.9. The largest absolute Gasteiger partial charge is 0.308 e. The van der Waals surface area contributed by atoms with Crippen LogP contribution in [0.1, 0.15) is 18.5 Å². The van der Waals surface area contributed by atoms with Crippen LogP contribution in [-0.2, 0) is 16.6 Å². The number of sulfonamides is 1. The molecule has 1 fully saturated rings. The van der Waals surface area contributed by atoms with Gasteiger partial charge in [0.05, 0.1) is 11.9 Å². The smallest absolute Gasteiger partial charge is 0.211 e. The molecule has 5 nitrogen and oxygen atoms in total. The third-order valence-electron chi connectivity index (χ3n) is 3.28. The molecular formula is C12H18BrN3O2S. The summed E-state index contributed by atoms with van der Waals surface area (Å²) in [6.07, 6.45) is 4.75. The number of aromatic nitrogens is 1. The van der Waals surface area contributed by atoms with Crippen molar-refractivity contribution < 1.29 is 8.42 Å². The molecule has 1 aromatic rings. The highest BCUT2D eigenvalue weighted by Crippen LogP contribution is 2.14. The van der Waals surface area contributed by atoms with E-state index < -0.39 is 10.0 Å². The first kappa shape index (κ1) is 14.9. The average Bonchev–Trinajstić information content (AvgIpc) is 2.37. The number of piperidine rings is 1. The Morgan fingerprint density at radius 1 is 1.42 bits per heavy atom. The molecule has 0 amide bonds. The Balaban J connectivity index is 1.78. The van der Waals surface area contributed by atoms with Gasteiger partial charge in [-0.2, -0.15) is 0 Å². The highest BCUT2D eigenvalue weighted by Gasteiger charge is 2.24. The van der Waals surface area contributed by atoms with E-state index in [0.717, 1.165) is 29.6 Å². The summed E-state index contributed by atoms with van der Waals surface area (Å²) in [7, 11) is -3.03. The zero-order valence-corrected chi connectivity index (χ0v) is 13.2. The molecule has 0 unspecified atom stereocenters. The summed E-state index contributed by atoms with van der Waals surface area (Å²) in [6.45, 7) is 1.92. The van der Waals surface area contributed by atoms with Crippen LogP contribution in [0.2, 0.25) is 0 Å². The summed E-state index contributed by atoms with van der Waals surface area (Å²) in [5.74, 6) is 0. The minimum atomic E-state index is -3.03. The molecule has 0 aliphatic carbocycles. The van der Waals surface area contributed by atoms with Crippen LogP contribution in [0.5, 0.6) is 0 Å². The summed E-state index contributed by atoms with van der Waals surface area (Å²) < 4.78 is 25.3. The molecule has 19 heavy (non-hydrogen) atoms. The van der Waals surface area contributed by atoms with Crippen LogP contribution in [0.4, 0.5) is 0 Å². The Morgan fingerprint density at radius 3 is 2.63 bits per heavy atom. The zero-order chi connectivity index (χ0) is 13.9. The minimum absolute atomic E-state index is 0.364. The van der Waals surface area contributed by atoms with E-state index in [1.165, 1.54) is 6.26 Å². The third kappa shape index (κ3) is 4.52. The monoisotopic (exact) mass is 347 g/mol. The van der Waals surface area contributed by atoms with Gasteiger partial charge in [-0.3, -0.25) is 4.98 Å². The van der Waals surface area contributed by atoms with E-state index in [4.69, 9.17) is 0 Å². The van der Waals surface area contributed by atoms with E-state index in [1.54, 1.807) is 10.5 Å². The SMILES string of the molecule is CS(=O)(=O)N1CCC(NCc2ccc(Br)cn2)CC1. The van der Waals surface area contributed by atoms with E-state index >= 15 is 0 Å². The third-order valence-corrected chi connectivity index (χ3v) is 5.06. The lowest BCUT2D eigenvalue weighted by molar-refractivity contribution is 0.289. The van der Waals surface area contributed by atoms with Gasteiger partial charge in [-0.15, -0.1) is 0 Å². The summed E-state index contributed by atoms with van der Waals surface area (Å²) in [5, 5.41) is 3.43. The van der Waals surface area contributed by atoms with E-state index in [-0.39, 0.29) is 0 Å². The van der Waals surface area contributed by atoms with E-state index in [1.807, 2.05) is 12.1 Å². The van der Waals surface area contributed by atoms with Gasteiger partial charge in [-0.05, 0) is 40.9 Å². The summed E-state index contributed by atoms with van der Waals surface area (Å²) in [6, 6.07) is 4.31. The van der Waals surface area contributed by atoms with Crippen LogP contribution >= 0.6 is 15.9 Å². The van der Waals surface area contributed by atoms with Gasteiger partial charge in [-0.1, -0.05) is 0 Å². The number of rotatable bonds is 4. The zero-order valence-electron chi connectivity index (χ0n) is 10.8. The maximum Gasteiger partial charge on any atom is 0.211 e. The second-order valence-electron chi connectivity index (χ2n) is 4.78. The van der Waals surface area contributed by atoms with Gasteiger partial charge in [0.2, 0.25) is 10.0 Å². The van der Waals surface area contributed by atoms with Crippen molar-refractivity contribution in [3.05, 3.63) is 28.5 Å². The molecule has 1 aromatic heterocycles. The molecule has 1 aliphatic rings. The molecule has 0 atom stereocenters. The fourth-order valence-corrected chi connectivity index (χ4v) is 3.26. The molecule has 2 rings (SSSR count). The number of halogens is 1. The molecule has 1 saturated heterocycles. The topological polar surface area (TPSA) is 62.3 Å². The highest BCUT2D eigenvalue weighted by molar-refractivity contribution is 9.10. The number of nitrogens with zero attached hydrogens (tertiary/aromatic N) is 2. The molecule has 1 N–H and O–H groups in total. The molecule has 0 aromatic carbocycles. The van der Waals surface area contributed by atoms with Crippen molar-refractivity contribution in [3.63, 3.8) is 0 Å². The fourth-order valence-electron chi connectivity index (χ4n) is 2.15. The first-order chi connectivity index (χ1) is 8.95. The molecule has 2 heterocycles. The molecule has 0 radical (unpaired) electrons. The molecule has 1 aliphatic heterocycles. The fraction of sp³-hybridized carbons (Fsp3) is 0.583. The number of hydrogen-bond acceptors (Lipinski definition) is 4. The Kier molecular flexibility index (Phi) is 4.94. The molecule has 0 spiro atoms. The molecule has 7 heteroatoms. The van der Waals surface area contributed by atoms with E-state index in [9.17, 15) is 8.42 Å². The number of nitrogens with one attached hydrogen (secondary N) is 1. The lowest BCUT2D eigenvalue weighted by Crippen LogP contribution is -2.44. The van der Waals surface area contributed by atoms with Gasteiger partial charge in [0.25, 0.3) is 0 Å². The Hall–Kier alpha value is -0.500. The van der Waals surface area contributed by atoms with E-state index in [0.29, 0.717) is 19.1 Å². The van der Waals surface area contributed by atoms with Crippen molar-refractivity contribution in [2.45, 2.75) is 25.4 Å². The van der Waals surface area contributed by atoms with Gasteiger partial charge >= 0.3 is 0 Å². The van der Waals surface area contributed by atoms with Crippen molar-refractivity contribution in [3.8, 4) is 0 Å². The minimum Gasteiger partial charge on any atom is -0.308 e. The van der Waals surface area contributed by atoms with Gasteiger partial charge in [0.15, 0.2) is 0 Å². The summed E-state index contributed by atoms with van der Waals surface area (Å²) >= 11 is 3.35. The first-order valence-corrected chi connectivity index (χ1v) is 8.88. The molecule has 0 saturated carbocycles. The van der Waals surface area contributed by atoms with Crippen molar-refractivity contribution in [1.29, 1.82) is 0 Å². The average molecular weight is 348 g/mol. The van der Waals surface area contributed by atoms with Gasteiger partial charge < -0.3 is 5.32 Å². The number of pyridine rings is 1. The lowest BCUT2D eigenvalue weighted by Gasteiger charge is -2.30. The van der Waals surface area contributed by atoms with Gasteiger partial charge in [0, 0.05) is 36.3 Å². The van der Waals surface area contributed by atoms with Crippen LogP contribution in [0.3, 0.4) is 0 Å². The molecule has 106 valence electrons. The quantitative estimate of drug-likeness (QED) is 0.893. The van der Waals surface area contributed by atoms with Crippen molar-refractivity contribution in [2.24, 2.45) is 0 Å². The van der Waals surface area contributed by atoms with Gasteiger partial charge in [0.1, 0.15) is 0 Å². The Bertz CT molecular complexity index is 510. The summed E-state index contributed by atoms with van der Waals surface area (Å²) in [4.78, 5) is 4.30. The second kappa shape index (κ2) is 6.30. The predicted molar refractivity (Wildman–Crippen MR) is 78.2 cm³/mol.